The molecule has 8 nitrogen and oxygen atoms in total. The van der Waals surface area contributed by atoms with Crippen LogP contribution >= 0.6 is 0 Å². The highest BCUT2D eigenvalue weighted by atomic mass is 16.7. The van der Waals surface area contributed by atoms with Crippen LogP contribution < -0.4 is 11.2 Å². The van der Waals surface area contributed by atoms with Crippen molar-refractivity contribution in [1.29, 1.82) is 0 Å². The molecule has 0 unspecified atom stereocenters. The van der Waals surface area contributed by atoms with Crippen LogP contribution in [0, 0.1) is 0 Å². The van der Waals surface area contributed by atoms with Gasteiger partial charge < -0.3 is 19.0 Å². The van der Waals surface area contributed by atoms with Crippen LogP contribution in [0.15, 0.2) is 38.6 Å². The number of aliphatic hydroxyl groups is 1. The highest BCUT2D eigenvalue weighted by molar-refractivity contribution is 5.54. The third-order valence-electron chi connectivity index (χ3n) is 2.95. The van der Waals surface area contributed by atoms with Crippen LogP contribution in [0.25, 0.3) is 11.3 Å². The van der Waals surface area contributed by atoms with Gasteiger partial charge in [0, 0.05) is 6.20 Å². The van der Waals surface area contributed by atoms with Crippen LogP contribution in [0.3, 0.4) is 0 Å². The fourth-order valence-corrected chi connectivity index (χ4v) is 1.99. The minimum atomic E-state index is -0.772. The minimum Gasteiger partial charge on any atom is -0.464 e. The Labute approximate surface area is 112 Å². The summed E-state index contributed by atoms with van der Waals surface area (Å²) in [5.74, 6) is 0.345. The standard InChI is InChI=1S/C12H12N2O6/c15-5-10-19-6-9(20-10)14-4-7(8-2-1-3-18-8)11(16)13-12(14)17/h1-4,9-10,15H,5-6H2,(H,13,16,17)/t9-,10-/m1/s1. The fourth-order valence-electron chi connectivity index (χ4n) is 1.99. The van der Waals surface area contributed by atoms with Crippen molar-refractivity contribution in [3.05, 3.63) is 45.4 Å². The Hall–Kier alpha value is -2.16. The number of H-pyrrole nitrogens is 1. The van der Waals surface area contributed by atoms with Gasteiger partial charge in [-0.3, -0.25) is 14.3 Å². The summed E-state index contributed by atoms with van der Waals surface area (Å²) >= 11 is 0. The Kier molecular flexibility index (Phi) is 3.26. The predicted molar refractivity (Wildman–Crippen MR) is 66.0 cm³/mol. The van der Waals surface area contributed by atoms with Gasteiger partial charge in [-0.05, 0) is 12.1 Å². The molecule has 0 spiro atoms. The Morgan fingerprint density at radius 3 is 2.95 bits per heavy atom. The summed E-state index contributed by atoms with van der Waals surface area (Å²) < 4.78 is 16.8. The molecule has 2 aromatic rings. The van der Waals surface area contributed by atoms with Gasteiger partial charge in [0.15, 0.2) is 12.5 Å². The number of aliphatic hydroxyl groups excluding tert-OH is 1. The zero-order chi connectivity index (χ0) is 14.1. The molecule has 0 bridgehead atoms. The van der Waals surface area contributed by atoms with E-state index in [1.54, 1.807) is 12.1 Å². The van der Waals surface area contributed by atoms with Crippen LogP contribution in [0.2, 0.25) is 0 Å². The summed E-state index contributed by atoms with van der Waals surface area (Å²) in [4.78, 5) is 25.8. The molecule has 3 rings (SSSR count). The highest BCUT2D eigenvalue weighted by Gasteiger charge is 2.28. The molecule has 2 atom stereocenters. The summed E-state index contributed by atoms with van der Waals surface area (Å²) in [5.41, 5.74) is -0.943. The van der Waals surface area contributed by atoms with E-state index in [-0.39, 0.29) is 18.8 Å². The maximum absolute atomic E-state index is 11.8. The van der Waals surface area contributed by atoms with Gasteiger partial charge in [0.25, 0.3) is 5.56 Å². The van der Waals surface area contributed by atoms with Crippen LogP contribution in [-0.4, -0.2) is 34.2 Å². The highest BCUT2D eigenvalue weighted by Crippen LogP contribution is 2.21. The van der Waals surface area contributed by atoms with E-state index in [9.17, 15) is 9.59 Å². The molecule has 2 aromatic heterocycles. The van der Waals surface area contributed by atoms with E-state index in [4.69, 9.17) is 19.0 Å². The minimum absolute atomic E-state index is 0.106. The summed E-state index contributed by atoms with van der Waals surface area (Å²) in [7, 11) is 0. The van der Waals surface area contributed by atoms with E-state index >= 15 is 0 Å². The van der Waals surface area contributed by atoms with Crippen LogP contribution in [-0.2, 0) is 9.47 Å². The van der Waals surface area contributed by atoms with Gasteiger partial charge in [0.2, 0.25) is 0 Å². The largest absolute Gasteiger partial charge is 0.464 e. The molecule has 1 aliphatic rings. The topological polar surface area (TPSA) is 107 Å². The Balaban J connectivity index is 2.02. The van der Waals surface area contributed by atoms with Gasteiger partial charge in [0.1, 0.15) is 5.76 Å². The van der Waals surface area contributed by atoms with E-state index in [0.29, 0.717) is 5.76 Å². The lowest BCUT2D eigenvalue weighted by Gasteiger charge is -2.12. The molecule has 1 saturated heterocycles. The van der Waals surface area contributed by atoms with E-state index in [1.165, 1.54) is 17.0 Å². The lowest BCUT2D eigenvalue weighted by atomic mass is 10.2. The maximum atomic E-state index is 11.8. The summed E-state index contributed by atoms with van der Waals surface area (Å²) in [6.45, 7) is -0.200. The number of ether oxygens (including phenoxy) is 2. The lowest BCUT2D eigenvalue weighted by molar-refractivity contribution is -0.0992. The first-order chi connectivity index (χ1) is 9.69. The number of nitrogens with zero attached hydrogens (tertiary/aromatic N) is 1. The van der Waals surface area contributed by atoms with Crippen molar-refractivity contribution in [2.24, 2.45) is 0 Å². The number of nitrogens with one attached hydrogen (secondary N) is 1. The molecule has 2 N–H and O–H groups in total. The molecule has 8 heteroatoms. The van der Waals surface area contributed by atoms with Crippen molar-refractivity contribution in [2.75, 3.05) is 13.2 Å². The quantitative estimate of drug-likeness (QED) is 0.796. The average Bonchev–Trinajstić information content (AvgIpc) is 3.09. The van der Waals surface area contributed by atoms with E-state index in [1.807, 2.05) is 0 Å². The molecule has 20 heavy (non-hydrogen) atoms. The van der Waals surface area contributed by atoms with Crippen molar-refractivity contribution < 1.29 is 19.0 Å². The molecule has 0 amide bonds. The van der Waals surface area contributed by atoms with Gasteiger partial charge in [-0.2, -0.15) is 0 Å². The smallest absolute Gasteiger partial charge is 0.330 e. The number of rotatable bonds is 3. The average molecular weight is 280 g/mol. The second-order valence-corrected chi connectivity index (χ2v) is 4.22. The van der Waals surface area contributed by atoms with Crippen molar-refractivity contribution in [1.82, 2.24) is 9.55 Å². The zero-order valence-corrected chi connectivity index (χ0v) is 10.3. The second-order valence-electron chi connectivity index (χ2n) is 4.22. The summed E-state index contributed by atoms with van der Waals surface area (Å²) in [6, 6.07) is 3.25. The Morgan fingerprint density at radius 1 is 1.45 bits per heavy atom. The molecule has 3 heterocycles. The van der Waals surface area contributed by atoms with Crippen molar-refractivity contribution in [2.45, 2.75) is 12.5 Å². The molecule has 0 saturated carbocycles. The predicted octanol–water partition coefficient (Wildman–Crippen LogP) is -0.340. The second kappa shape index (κ2) is 5.08. The van der Waals surface area contributed by atoms with Crippen molar-refractivity contribution in [3.8, 4) is 11.3 Å². The lowest BCUT2D eigenvalue weighted by Crippen LogP contribution is -2.34. The number of aromatic amines is 1. The number of furan rings is 1. The molecule has 0 radical (unpaired) electrons. The van der Waals surface area contributed by atoms with Crippen LogP contribution in [0.5, 0.6) is 0 Å². The van der Waals surface area contributed by atoms with E-state index < -0.39 is 23.8 Å². The van der Waals surface area contributed by atoms with Crippen LogP contribution in [0.1, 0.15) is 6.23 Å². The fraction of sp³-hybridized carbons (Fsp3) is 0.333. The number of aromatic nitrogens is 2. The molecular weight excluding hydrogens is 268 g/mol. The van der Waals surface area contributed by atoms with Crippen molar-refractivity contribution >= 4 is 0 Å². The molecule has 1 aliphatic heterocycles. The third-order valence-corrected chi connectivity index (χ3v) is 2.95. The first-order valence-electron chi connectivity index (χ1n) is 5.96. The molecule has 0 aromatic carbocycles. The first kappa shape index (κ1) is 12.9. The summed E-state index contributed by atoms with van der Waals surface area (Å²) in [5, 5.41) is 8.94. The molecule has 0 aliphatic carbocycles. The first-order valence-corrected chi connectivity index (χ1v) is 5.96. The molecule has 106 valence electrons. The number of hydrogen-bond donors (Lipinski definition) is 2. The van der Waals surface area contributed by atoms with Gasteiger partial charge in [-0.1, -0.05) is 0 Å². The monoisotopic (exact) mass is 280 g/mol. The van der Waals surface area contributed by atoms with E-state index in [2.05, 4.69) is 4.98 Å². The normalized spacial score (nSPS) is 22.2. The van der Waals surface area contributed by atoms with Crippen LogP contribution in [0.4, 0.5) is 0 Å². The Bertz CT molecular complexity index is 701. The molecular formula is C12H12N2O6. The van der Waals surface area contributed by atoms with Gasteiger partial charge in [0.05, 0.1) is 25.0 Å². The van der Waals surface area contributed by atoms with Gasteiger partial charge in [-0.15, -0.1) is 0 Å². The SMILES string of the molecule is O=c1[nH]c(=O)n([C@H]2CO[C@@H](CO)O2)cc1-c1ccco1. The number of hydrogen-bond acceptors (Lipinski definition) is 6. The Morgan fingerprint density at radius 2 is 2.30 bits per heavy atom. The summed E-state index contributed by atoms with van der Waals surface area (Å²) in [6.07, 6.45) is 1.31. The van der Waals surface area contributed by atoms with Gasteiger partial charge in [-0.25, -0.2) is 4.79 Å². The zero-order valence-electron chi connectivity index (χ0n) is 10.3. The van der Waals surface area contributed by atoms with Crippen molar-refractivity contribution in [3.63, 3.8) is 0 Å². The maximum Gasteiger partial charge on any atom is 0.330 e. The molecule has 1 fully saturated rings. The van der Waals surface area contributed by atoms with E-state index in [0.717, 1.165) is 0 Å². The third kappa shape index (κ3) is 2.20. The van der Waals surface area contributed by atoms with Gasteiger partial charge >= 0.3 is 5.69 Å².